The minimum Gasteiger partial charge on any atom is -0.456 e. The van der Waals surface area contributed by atoms with Crippen molar-refractivity contribution < 1.29 is 51.5 Å². The Hall–Kier alpha value is -2.60. The Bertz CT molecular complexity index is 1100. The molecule has 1 heterocycles. The molecule has 1 saturated heterocycles. The van der Waals surface area contributed by atoms with Crippen molar-refractivity contribution in [2.45, 2.75) is 63.4 Å². The number of hydrogen-bond donors (Lipinski definition) is 0. The van der Waals surface area contributed by atoms with Gasteiger partial charge in [0.25, 0.3) is 0 Å². The molecule has 11 nitrogen and oxygen atoms in total. The maximum atomic E-state index is 13.7. The Labute approximate surface area is 234 Å². The van der Waals surface area contributed by atoms with Crippen molar-refractivity contribution in [2.24, 2.45) is 0 Å². The van der Waals surface area contributed by atoms with E-state index in [9.17, 15) is 18.9 Å². The van der Waals surface area contributed by atoms with Gasteiger partial charge in [-0.1, -0.05) is 76.6 Å². The summed E-state index contributed by atoms with van der Waals surface area (Å²) in [6, 6.07) is 18.0. The van der Waals surface area contributed by atoms with Crippen LogP contribution in [-0.2, 0) is 64.7 Å². The maximum Gasteiger partial charge on any atom is 0.475 e. The van der Waals surface area contributed by atoms with Crippen LogP contribution in [0.1, 0.15) is 31.9 Å². The van der Waals surface area contributed by atoms with Crippen molar-refractivity contribution in [1.29, 1.82) is 0 Å². The number of ether oxygens (including phenoxy) is 4. The molecule has 0 saturated carbocycles. The molecule has 212 valence electrons. The van der Waals surface area contributed by atoms with Gasteiger partial charge in [-0.15, -0.1) is 0 Å². The minimum absolute atomic E-state index is 0.0720. The highest BCUT2D eigenvalue weighted by Crippen LogP contribution is 2.51. The number of halogens is 1. The van der Waals surface area contributed by atoms with Gasteiger partial charge in [0.1, 0.15) is 6.10 Å². The summed E-state index contributed by atoms with van der Waals surface area (Å²) in [5, 5.41) is -0.985. The second-order valence-corrected chi connectivity index (χ2v) is 11.1. The minimum atomic E-state index is -4.21. The average molecular weight is 629 g/mol. The van der Waals surface area contributed by atoms with E-state index in [1.54, 1.807) is 48.5 Å². The van der Waals surface area contributed by atoms with Crippen LogP contribution in [0, 0.1) is 0 Å². The van der Waals surface area contributed by atoms with E-state index in [-0.39, 0.29) is 13.2 Å². The predicted molar refractivity (Wildman–Crippen MR) is 140 cm³/mol. The lowest BCUT2D eigenvalue weighted by atomic mass is 9.99. The zero-order valence-corrected chi connectivity index (χ0v) is 24.1. The monoisotopic (exact) mass is 628 g/mol. The van der Waals surface area contributed by atoms with E-state index in [1.807, 2.05) is 12.1 Å². The molecule has 0 bridgehead atoms. The summed E-state index contributed by atoms with van der Waals surface area (Å²) in [7, 11) is -4.21. The number of alkyl halides is 1. The van der Waals surface area contributed by atoms with Gasteiger partial charge in [0.2, 0.25) is 0 Å². The molecule has 2 unspecified atom stereocenters. The lowest BCUT2D eigenvalue weighted by Crippen LogP contribution is -2.60. The van der Waals surface area contributed by atoms with Gasteiger partial charge in [0.15, 0.2) is 23.3 Å². The Morgan fingerprint density at radius 1 is 0.718 bits per heavy atom. The second-order valence-electron chi connectivity index (χ2n) is 8.51. The predicted octanol–water partition coefficient (Wildman–Crippen LogP) is 4.46. The van der Waals surface area contributed by atoms with Gasteiger partial charge in [-0.2, -0.15) is 0 Å². The Morgan fingerprint density at radius 3 is 1.62 bits per heavy atom. The van der Waals surface area contributed by atoms with Crippen molar-refractivity contribution in [3.05, 3.63) is 71.8 Å². The van der Waals surface area contributed by atoms with Gasteiger partial charge in [-0.05, 0) is 11.1 Å². The molecular weight excluding hydrogens is 599 g/mol. The van der Waals surface area contributed by atoms with Crippen molar-refractivity contribution in [1.82, 2.24) is 0 Å². The van der Waals surface area contributed by atoms with Gasteiger partial charge in [-0.25, -0.2) is 4.57 Å². The van der Waals surface area contributed by atoms with Crippen LogP contribution in [0.15, 0.2) is 60.7 Å². The SMILES string of the molecule is CC(=O)O[C@@H]1[C@@H](OC(C)=O)C(Br)OC(COP(=O)(OCc2ccccc2)OCc2ccccc2)[C@@H]1OC(C)=O. The number of rotatable bonds is 12. The molecule has 0 amide bonds. The Morgan fingerprint density at radius 2 is 1.15 bits per heavy atom. The van der Waals surface area contributed by atoms with Crippen LogP contribution in [0.5, 0.6) is 0 Å². The lowest BCUT2D eigenvalue weighted by Gasteiger charge is -2.42. The largest absolute Gasteiger partial charge is 0.475 e. The molecule has 1 aliphatic rings. The molecule has 0 radical (unpaired) electrons. The van der Waals surface area contributed by atoms with Crippen molar-refractivity contribution in [3.8, 4) is 0 Å². The fourth-order valence-corrected chi connectivity index (χ4v) is 5.56. The molecule has 39 heavy (non-hydrogen) atoms. The van der Waals surface area contributed by atoms with Gasteiger partial charge >= 0.3 is 25.7 Å². The first-order valence-corrected chi connectivity index (χ1v) is 14.4. The van der Waals surface area contributed by atoms with Gasteiger partial charge < -0.3 is 18.9 Å². The van der Waals surface area contributed by atoms with Crippen LogP contribution >= 0.6 is 23.8 Å². The molecule has 0 spiro atoms. The fourth-order valence-electron chi connectivity index (χ4n) is 3.71. The standard InChI is InChI=1S/C26H30BrO11P/c1-17(28)35-23-22(38-26(27)25(37-19(3)30)24(23)36-18(2)29)16-34-39(31,32-14-20-10-6-4-7-11-20)33-15-21-12-8-5-9-13-21/h4-13,22-26H,14-16H2,1-3H3/t22?,23-,24-,25+,26?/m0/s1. The first kappa shape index (κ1) is 30.9. The molecule has 2 aromatic rings. The highest BCUT2D eigenvalue weighted by molar-refractivity contribution is 9.09. The first-order valence-electron chi connectivity index (χ1n) is 12.0. The van der Waals surface area contributed by atoms with Gasteiger partial charge in [0, 0.05) is 20.8 Å². The van der Waals surface area contributed by atoms with Crippen molar-refractivity contribution in [2.75, 3.05) is 6.61 Å². The number of phosphoric acid groups is 1. The molecule has 2 aromatic carbocycles. The van der Waals surface area contributed by atoms with Crippen LogP contribution in [0.4, 0.5) is 0 Å². The van der Waals surface area contributed by atoms with Gasteiger partial charge in [0.05, 0.1) is 19.8 Å². The first-order chi connectivity index (χ1) is 18.6. The Kier molecular flexibility index (Phi) is 11.7. The molecule has 3 rings (SSSR count). The number of carbonyl (C=O) groups excluding carboxylic acids is 3. The number of carbonyl (C=O) groups is 3. The summed E-state index contributed by atoms with van der Waals surface area (Å²) in [5.41, 5.74) is 1.46. The van der Waals surface area contributed by atoms with Crippen LogP contribution < -0.4 is 0 Å². The van der Waals surface area contributed by atoms with Crippen molar-refractivity contribution >= 4 is 41.7 Å². The number of hydrogen-bond acceptors (Lipinski definition) is 11. The van der Waals surface area contributed by atoms with E-state index in [0.717, 1.165) is 25.0 Å². The molecule has 13 heteroatoms. The summed E-state index contributed by atoms with van der Waals surface area (Å²) in [6.45, 7) is 2.88. The van der Waals surface area contributed by atoms with E-state index < -0.39 is 61.8 Å². The second kappa shape index (κ2) is 14.7. The topological polar surface area (TPSA) is 133 Å². The molecular formula is C26H30BrO11P. The van der Waals surface area contributed by atoms with Crippen LogP contribution in [0.25, 0.3) is 0 Å². The number of phosphoric ester groups is 1. The quantitative estimate of drug-likeness (QED) is 0.143. The Balaban J connectivity index is 1.81. The molecule has 0 N–H and O–H groups in total. The van der Waals surface area contributed by atoms with Gasteiger partial charge in [-0.3, -0.25) is 28.0 Å². The summed E-state index contributed by atoms with van der Waals surface area (Å²) in [5.74, 6) is -2.10. The van der Waals surface area contributed by atoms with Crippen molar-refractivity contribution in [3.63, 3.8) is 0 Å². The zero-order chi connectivity index (χ0) is 28.4. The third-order valence-corrected chi connectivity index (χ3v) is 7.44. The lowest BCUT2D eigenvalue weighted by molar-refractivity contribution is -0.234. The highest BCUT2D eigenvalue weighted by atomic mass is 79.9. The van der Waals surface area contributed by atoms with E-state index in [2.05, 4.69) is 15.9 Å². The third-order valence-electron chi connectivity index (χ3n) is 5.34. The molecule has 5 atom stereocenters. The molecule has 0 aromatic heterocycles. The number of benzene rings is 2. The van der Waals surface area contributed by atoms with E-state index in [0.29, 0.717) is 0 Å². The third kappa shape index (κ3) is 9.82. The smallest absolute Gasteiger partial charge is 0.456 e. The average Bonchev–Trinajstić information content (AvgIpc) is 2.90. The molecule has 1 aliphatic heterocycles. The molecule has 1 fully saturated rings. The zero-order valence-electron chi connectivity index (χ0n) is 21.6. The summed E-state index contributed by atoms with van der Waals surface area (Å²) < 4.78 is 52.5. The summed E-state index contributed by atoms with van der Waals surface area (Å²) >= 11 is 3.27. The number of esters is 3. The highest BCUT2D eigenvalue weighted by Gasteiger charge is 2.51. The summed E-state index contributed by atoms with van der Waals surface area (Å²) in [6.07, 6.45) is -4.80. The van der Waals surface area contributed by atoms with E-state index in [4.69, 9.17) is 32.5 Å². The summed E-state index contributed by atoms with van der Waals surface area (Å²) in [4.78, 5) is 35.5. The van der Waals surface area contributed by atoms with E-state index >= 15 is 0 Å². The van der Waals surface area contributed by atoms with Crippen LogP contribution in [-0.4, -0.2) is 53.9 Å². The van der Waals surface area contributed by atoms with Crippen LogP contribution in [0.3, 0.4) is 0 Å². The van der Waals surface area contributed by atoms with E-state index in [1.165, 1.54) is 6.92 Å². The fraction of sp³-hybridized carbons (Fsp3) is 0.423. The molecule has 0 aliphatic carbocycles. The maximum absolute atomic E-state index is 13.7. The van der Waals surface area contributed by atoms with Crippen LogP contribution in [0.2, 0.25) is 0 Å². The normalized spacial score (nSPS) is 23.0.